The molecule has 0 spiro atoms. The Morgan fingerprint density at radius 2 is 1.88 bits per heavy atom. The predicted molar refractivity (Wildman–Crippen MR) is 103 cm³/mol. The van der Waals surface area contributed by atoms with Crippen molar-refractivity contribution in [3.8, 4) is 5.75 Å². The fraction of sp³-hybridized carbons (Fsp3) is 0.647. The van der Waals surface area contributed by atoms with Gasteiger partial charge in [0.15, 0.2) is 0 Å². The highest BCUT2D eigenvalue weighted by Crippen LogP contribution is 2.38. The molecule has 0 amide bonds. The van der Waals surface area contributed by atoms with Gasteiger partial charge >= 0.3 is 0 Å². The molecular weight excluding hydrogens is 371 g/mol. The van der Waals surface area contributed by atoms with Crippen LogP contribution in [0.2, 0.25) is 5.02 Å². The number of halogens is 3. The average Bonchev–Trinajstić information content (AvgIpc) is 2.58. The largest absolute Gasteiger partial charge is 0.495 e. The first-order valence-corrected chi connectivity index (χ1v) is 8.53. The van der Waals surface area contributed by atoms with Crippen molar-refractivity contribution in [2.75, 3.05) is 46.5 Å². The first-order chi connectivity index (χ1) is 10.8. The van der Waals surface area contributed by atoms with Gasteiger partial charge in [-0.2, -0.15) is 0 Å². The third-order valence-corrected chi connectivity index (χ3v) is 5.09. The monoisotopic (exact) mass is 396 g/mol. The van der Waals surface area contributed by atoms with Gasteiger partial charge in [0.05, 0.1) is 12.1 Å². The van der Waals surface area contributed by atoms with Gasteiger partial charge in [0.1, 0.15) is 5.75 Å². The second kappa shape index (κ2) is 10.7. The van der Waals surface area contributed by atoms with Gasteiger partial charge < -0.3 is 14.8 Å². The first-order valence-electron chi connectivity index (χ1n) is 8.15. The highest BCUT2D eigenvalue weighted by Gasteiger charge is 2.31. The fourth-order valence-corrected chi connectivity index (χ4v) is 3.83. The van der Waals surface area contributed by atoms with Gasteiger partial charge in [0.25, 0.3) is 0 Å². The molecule has 2 fully saturated rings. The number of methoxy groups -OCH3 is 1. The van der Waals surface area contributed by atoms with E-state index in [-0.39, 0.29) is 24.8 Å². The number of benzene rings is 1. The number of hydrogen-bond donors (Lipinski definition) is 1. The van der Waals surface area contributed by atoms with Crippen molar-refractivity contribution in [2.24, 2.45) is 5.92 Å². The molecule has 1 N–H and O–H groups in total. The van der Waals surface area contributed by atoms with Crippen LogP contribution in [0.1, 0.15) is 24.4 Å². The number of nitrogens with zero attached hydrogens (tertiary/aromatic N) is 1. The van der Waals surface area contributed by atoms with Crippen molar-refractivity contribution in [1.29, 1.82) is 0 Å². The summed E-state index contributed by atoms with van der Waals surface area (Å²) in [5.74, 6) is 1.41. The second-order valence-electron chi connectivity index (χ2n) is 6.07. The SMILES string of the molecule is COc1cc([C@@H](C2CCOCC2)N2CCNCC2)ccc1Cl.Cl.Cl. The maximum atomic E-state index is 6.20. The summed E-state index contributed by atoms with van der Waals surface area (Å²) >= 11 is 6.20. The summed E-state index contributed by atoms with van der Waals surface area (Å²) in [7, 11) is 1.68. The molecule has 24 heavy (non-hydrogen) atoms. The summed E-state index contributed by atoms with van der Waals surface area (Å²) in [6.45, 7) is 6.05. The van der Waals surface area contributed by atoms with Gasteiger partial charge in [0.2, 0.25) is 0 Å². The number of nitrogens with one attached hydrogen (secondary N) is 1. The van der Waals surface area contributed by atoms with E-state index in [1.807, 2.05) is 6.07 Å². The summed E-state index contributed by atoms with van der Waals surface area (Å²) < 4.78 is 11.0. The van der Waals surface area contributed by atoms with Crippen LogP contribution < -0.4 is 10.1 Å². The molecule has 2 aliphatic heterocycles. The Balaban J connectivity index is 0.00000144. The third-order valence-electron chi connectivity index (χ3n) is 4.77. The Hall–Kier alpha value is -0.230. The number of rotatable bonds is 4. The Morgan fingerprint density at radius 1 is 1.21 bits per heavy atom. The standard InChI is InChI=1S/C17H25ClN2O2.2ClH/c1-21-16-12-14(2-3-15(16)18)17(13-4-10-22-11-5-13)20-8-6-19-7-9-20;;/h2-3,12-13,17,19H,4-11H2,1H3;2*1H/t17-;;/m1../s1. The third kappa shape index (κ3) is 5.13. The molecule has 138 valence electrons. The van der Waals surface area contributed by atoms with Crippen molar-refractivity contribution >= 4 is 36.4 Å². The minimum Gasteiger partial charge on any atom is -0.495 e. The first kappa shape index (κ1) is 21.8. The van der Waals surface area contributed by atoms with Crippen LogP contribution in [0.25, 0.3) is 0 Å². The molecule has 2 heterocycles. The molecule has 0 radical (unpaired) electrons. The van der Waals surface area contributed by atoms with E-state index < -0.39 is 0 Å². The molecule has 1 atom stereocenters. The summed E-state index contributed by atoms with van der Waals surface area (Å²) in [5, 5.41) is 4.12. The fourth-order valence-electron chi connectivity index (χ4n) is 3.63. The number of ether oxygens (including phenoxy) is 2. The van der Waals surface area contributed by atoms with Gasteiger partial charge in [-0.1, -0.05) is 17.7 Å². The van der Waals surface area contributed by atoms with Gasteiger partial charge in [-0.15, -0.1) is 24.8 Å². The van der Waals surface area contributed by atoms with E-state index >= 15 is 0 Å². The van der Waals surface area contributed by atoms with Crippen molar-refractivity contribution in [3.63, 3.8) is 0 Å². The molecule has 2 saturated heterocycles. The van der Waals surface area contributed by atoms with Gasteiger partial charge in [-0.05, 0) is 36.5 Å². The molecule has 0 bridgehead atoms. The van der Waals surface area contributed by atoms with Gasteiger partial charge in [0, 0.05) is 45.4 Å². The zero-order chi connectivity index (χ0) is 15.4. The molecular formula is C17H27Cl3N2O2. The lowest BCUT2D eigenvalue weighted by molar-refractivity contribution is 0.0212. The molecule has 0 aromatic heterocycles. The van der Waals surface area contributed by atoms with E-state index in [9.17, 15) is 0 Å². The Morgan fingerprint density at radius 3 is 2.50 bits per heavy atom. The van der Waals surface area contributed by atoms with E-state index in [1.54, 1.807) is 7.11 Å². The molecule has 0 unspecified atom stereocenters. The summed E-state index contributed by atoms with van der Waals surface area (Å²) in [4.78, 5) is 2.61. The zero-order valence-electron chi connectivity index (χ0n) is 14.0. The molecule has 1 aromatic rings. The van der Waals surface area contributed by atoms with E-state index in [0.717, 1.165) is 58.0 Å². The smallest absolute Gasteiger partial charge is 0.137 e. The summed E-state index contributed by atoms with van der Waals surface area (Å²) in [5.41, 5.74) is 1.31. The molecule has 0 saturated carbocycles. The van der Waals surface area contributed by atoms with Crippen molar-refractivity contribution in [1.82, 2.24) is 10.2 Å². The minimum absolute atomic E-state index is 0. The highest BCUT2D eigenvalue weighted by molar-refractivity contribution is 6.32. The van der Waals surface area contributed by atoms with E-state index in [1.165, 1.54) is 5.56 Å². The quantitative estimate of drug-likeness (QED) is 0.842. The lowest BCUT2D eigenvalue weighted by atomic mass is 9.85. The average molecular weight is 398 g/mol. The molecule has 1 aromatic carbocycles. The molecule has 2 aliphatic rings. The van der Waals surface area contributed by atoms with Crippen molar-refractivity contribution in [2.45, 2.75) is 18.9 Å². The highest BCUT2D eigenvalue weighted by atomic mass is 35.5. The maximum Gasteiger partial charge on any atom is 0.137 e. The van der Waals surface area contributed by atoms with E-state index in [4.69, 9.17) is 21.1 Å². The molecule has 0 aliphatic carbocycles. The predicted octanol–water partition coefficient (Wildman–Crippen LogP) is 3.57. The molecule has 4 nitrogen and oxygen atoms in total. The lowest BCUT2D eigenvalue weighted by Crippen LogP contribution is -2.47. The lowest BCUT2D eigenvalue weighted by Gasteiger charge is -2.41. The summed E-state index contributed by atoms with van der Waals surface area (Å²) in [6, 6.07) is 6.67. The Bertz CT molecular complexity index is 475. The van der Waals surface area contributed by atoms with Crippen molar-refractivity contribution in [3.05, 3.63) is 28.8 Å². The van der Waals surface area contributed by atoms with Crippen molar-refractivity contribution < 1.29 is 9.47 Å². The van der Waals surface area contributed by atoms with Crippen LogP contribution in [-0.4, -0.2) is 51.4 Å². The number of piperazine rings is 1. The van der Waals surface area contributed by atoms with Crippen LogP contribution >= 0.6 is 36.4 Å². The molecule has 3 rings (SSSR count). The van der Waals surface area contributed by atoms with E-state index in [2.05, 4.69) is 22.3 Å². The van der Waals surface area contributed by atoms with Crippen LogP contribution in [0.5, 0.6) is 5.75 Å². The second-order valence-corrected chi connectivity index (χ2v) is 6.48. The Kier molecular flexibility index (Phi) is 9.72. The Labute approximate surface area is 162 Å². The van der Waals surface area contributed by atoms with Gasteiger partial charge in [-0.3, -0.25) is 4.90 Å². The summed E-state index contributed by atoms with van der Waals surface area (Å²) in [6.07, 6.45) is 2.25. The normalized spacial score (nSPS) is 20.6. The zero-order valence-corrected chi connectivity index (χ0v) is 16.4. The van der Waals surface area contributed by atoms with Crippen LogP contribution in [0.3, 0.4) is 0 Å². The van der Waals surface area contributed by atoms with Gasteiger partial charge in [-0.25, -0.2) is 0 Å². The van der Waals surface area contributed by atoms with Crippen LogP contribution in [-0.2, 0) is 4.74 Å². The topological polar surface area (TPSA) is 33.7 Å². The van der Waals surface area contributed by atoms with Crippen LogP contribution in [0.15, 0.2) is 18.2 Å². The van der Waals surface area contributed by atoms with Crippen LogP contribution in [0.4, 0.5) is 0 Å². The number of hydrogen-bond acceptors (Lipinski definition) is 4. The molecule has 7 heteroatoms. The minimum atomic E-state index is 0. The van der Waals surface area contributed by atoms with E-state index in [0.29, 0.717) is 17.0 Å². The van der Waals surface area contributed by atoms with Crippen LogP contribution in [0, 0.1) is 5.92 Å². The maximum absolute atomic E-state index is 6.20.